The van der Waals surface area contributed by atoms with Crippen LogP contribution >= 0.6 is 0 Å². The van der Waals surface area contributed by atoms with E-state index in [-0.39, 0.29) is 17.8 Å². The minimum absolute atomic E-state index is 0.0137. The number of benzene rings is 2. The van der Waals surface area contributed by atoms with Crippen molar-refractivity contribution in [1.29, 1.82) is 0 Å². The molecule has 0 fully saturated rings. The van der Waals surface area contributed by atoms with Crippen molar-refractivity contribution in [3.8, 4) is 11.4 Å². The lowest BCUT2D eigenvalue weighted by molar-refractivity contribution is -0.152. The van der Waals surface area contributed by atoms with Crippen molar-refractivity contribution in [2.24, 2.45) is 0 Å². The van der Waals surface area contributed by atoms with Gasteiger partial charge in [0.15, 0.2) is 23.0 Å². The third-order valence-electron chi connectivity index (χ3n) is 4.47. The maximum Gasteiger partial charge on any atom is 0.416 e. The van der Waals surface area contributed by atoms with Crippen molar-refractivity contribution in [3.63, 3.8) is 0 Å². The predicted molar refractivity (Wildman–Crippen MR) is 101 cm³/mol. The van der Waals surface area contributed by atoms with Gasteiger partial charge in [0.05, 0.1) is 17.8 Å². The molecule has 3 aromatic rings. The van der Waals surface area contributed by atoms with E-state index < -0.39 is 46.4 Å². The molecule has 3 rings (SSSR count). The van der Waals surface area contributed by atoms with Gasteiger partial charge in [-0.2, -0.15) is 18.3 Å². The summed E-state index contributed by atoms with van der Waals surface area (Å²) in [7, 11) is 0. The lowest BCUT2D eigenvalue weighted by Gasteiger charge is -2.22. The van der Waals surface area contributed by atoms with E-state index in [0.29, 0.717) is 0 Å². The Balaban J connectivity index is 1.85. The van der Waals surface area contributed by atoms with Crippen molar-refractivity contribution in [2.75, 3.05) is 0 Å². The first-order valence-electron chi connectivity index (χ1n) is 9.02. The first-order chi connectivity index (χ1) is 14.8. The number of nitrogens with zero attached hydrogens (tertiary/aromatic N) is 3. The molecule has 12 heteroatoms. The molecule has 7 nitrogen and oxygen atoms in total. The second kappa shape index (κ2) is 8.09. The summed E-state index contributed by atoms with van der Waals surface area (Å²) < 4.78 is 73.5. The standard InChI is InChI=1S/C20H16F5N3O4/c1-19(2,17(29)30)32-16-14(21)7-11(8-15(16)22)9-28-18(31)27(10-26-28)13-5-3-12(4-6-13)20(23,24)25/h3-8,10H,9H2,1-2H3,(H,29,30). The average molecular weight is 457 g/mol. The van der Waals surface area contributed by atoms with Gasteiger partial charge in [0.1, 0.15) is 6.33 Å². The first-order valence-corrected chi connectivity index (χ1v) is 9.02. The lowest BCUT2D eigenvalue weighted by atomic mass is 10.1. The highest BCUT2D eigenvalue weighted by atomic mass is 19.4. The molecule has 1 aromatic heterocycles. The SMILES string of the molecule is CC(C)(Oc1c(F)cc(Cn2ncn(-c3ccc(C(F)(F)F)cc3)c2=O)cc1F)C(=O)O. The minimum atomic E-state index is -4.53. The van der Waals surface area contributed by atoms with Gasteiger partial charge in [0.25, 0.3) is 0 Å². The van der Waals surface area contributed by atoms with Crippen LogP contribution in [0.15, 0.2) is 47.5 Å². The van der Waals surface area contributed by atoms with Crippen molar-refractivity contribution < 1.29 is 36.6 Å². The number of hydrogen-bond donors (Lipinski definition) is 1. The molecule has 0 saturated carbocycles. The Morgan fingerprint density at radius 1 is 1.09 bits per heavy atom. The third-order valence-corrected chi connectivity index (χ3v) is 4.47. The number of halogens is 5. The minimum Gasteiger partial charge on any atom is -0.478 e. The summed E-state index contributed by atoms with van der Waals surface area (Å²) in [6, 6.07) is 5.51. The summed E-state index contributed by atoms with van der Waals surface area (Å²) in [6.45, 7) is 1.88. The van der Waals surface area contributed by atoms with Gasteiger partial charge in [0, 0.05) is 0 Å². The molecule has 0 atom stereocenters. The number of carboxylic acid groups (broad SMARTS) is 1. The highest BCUT2D eigenvalue weighted by Gasteiger charge is 2.32. The van der Waals surface area contributed by atoms with Gasteiger partial charge in [-0.25, -0.2) is 27.6 Å². The van der Waals surface area contributed by atoms with Crippen LogP contribution in [-0.2, 0) is 17.5 Å². The Kier molecular flexibility index (Phi) is 5.81. The van der Waals surface area contributed by atoms with Crippen LogP contribution in [0.1, 0.15) is 25.0 Å². The van der Waals surface area contributed by atoms with Gasteiger partial charge >= 0.3 is 17.8 Å². The smallest absolute Gasteiger partial charge is 0.416 e. The van der Waals surface area contributed by atoms with Gasteiger partial charge in [-0.1, -0.05) is 0 Å². The Hall–Kier alpha value is -3.70. The normalized spacial score (nSPS) is 12.1. The van der Waals surface area contributed by atoms with E-state index in [2.05, 4.69) is 5.10 Å². The number of carboxylic acids is 1. The first kappa shape index (κ1) is 23.0. The van der Waals surface area contributed by atoms with E-state index in [0.717, 1.165) is 65.8 Å². The van der Waals surface area contributed by atoms with Gasteiger partial charge < -0.3 is 9.84 Å². The van der Waals surface area contributed by atoms with E-state index in [4.69, 9.17) is 9.84 Å². The van der Waals surface area contributed by atoms with Crippen LogP contribution in [0, 0.1) is 11.6 Å². The van der Waals surface area contributed by atoms with Crippen molar-refractivity contribution in [3.05, 3.63) is 76.0 Å². The second-order valence-electron chi connectivity index (χ2n) is 7.29. The summed E-state index contributed by atoms with van der Waals surface area (Å²) in [5.74, 6) is -4.67. The molecular weight excluding hydrogens is 441 g/mol. The van der Waals surface area contributed by atoms with Crippen LogP contribution in [0.3, 0.4) is 0 Å². The number of aliphatic carboxylic acids is 1. The maximum absolute atomic E-state index is 14.3. The monoisotopic (exact) mass is 457 g/mol. The van der Waals surface area contributed by atoms with Crippen molar-refractivity contribution in [2.45, 2.75) is 32.2 Å². The van der Waals surface area contributed by atoms with E-state index in [1.807, 2.05) is 0 Å². The molecule has 1 heterocycles. The quantitative estimate of drug-likeness (QED) is 0.572. The average Bonchev–Trinajstić information content (AvgIpc) is 3.04. The van der Waals surface area contributed by atoms with Crippen LogP contribution in [0.25, 0.3) is 5.69 Å². The van der Waals surface area contributed by atoms with Gasteiger partial charge in [-0.3, -0.25) is 0 Å². The summed E-state index contributed by atoms with van der Waals surface area (Å²) in [5.41, 5.74) is -3.42. The fourth-order valence-corrected chi connectivity index (χ4v) is 2.71. The molecule has 32 heavy (non-hydrogen) atoms. The zero-order chi connectivity index (χ0) is 23.8. The number of rotatable bonds is 6. The zero-order valence-electron chi connectivity index (χ0n) is 16.7. The van der Waals surface area contributed by atoms with Gasteiger partial charge in [-0.05, 0) is 55.8 Å². The van der Waals surface area contributed by atoms with Crippen LogP contribution in [0.2, 0.25) is 0 Å². The zero-order valence-corrected chi connectivity index (χ0v) is 16.7. The van der Waals surface area contributed by atoms with Crippen LogP contribution in [0.5, 0.6) is 5.75 Å². The fraction of sp³-hybridized carbons (Fsp3) is 0.250. The number of ether oxygens (including phenoxy) is 1. The van der Waals surface area contributed by atoms with Crippen LogP contribution in [0.4, 0.5) is 22.0 Å². The molecule has 0 saturated heterocycles. The molecule has 1 N–H and O–H groups in total. The molecule has 0 aliphatic rings. The summed E-state index contributed by atoms with van der Waals surface area (Å²) in [6.07, 6.45) is -3.47. The lowest BCUT2D eigenvalue weighted by Crippen LogP contribution is -2.38. The fourth-order valence-electron chi connectivity index (χ4n) is 2.71. The predicted octanol–water partition coefficient (Wildman–Crippen LogP) is 3.62. The largest absolute Gasteiger partial charge is 0.478 e. The number of carbonyl (C=O) groups is 1. The van der Waals surface area contributed by atoms with Gasteiger partial charge in [-0.15, -0.1) is 0 Å². The van der Waals surface area contributed by atoms with Crippen molar-refractivity contribution >= 4 is 5.97 Å². The molecule has 0 amide bonds. The molecule has 0 aliphatic carbocycles. The molecule has 2 aromatic carbocycles. The van der Waals surface area contributed by atoms with E-state index in [9.17, 15) is 31.5 Å². The van der Waals surface area contributed by atoms with E-state index >= 15 is 0 Å². The van der Waals surface area contributed by atoms with Crippen LogP contribution in [-0.4, -0.2) is 31.0 Å². The number of aromatic nitrogens is 3. The molecule has 0 aliphatic heterocycles. The van der Waals surface area contributed by atoms with Crippen LogP contribution < -0.4 is 10.4 Å². The van der Waals surface area contributed by atoms with E-state index in [1.165, 1.54) is 0 Å². The molecule has 0 spiro atoms. The highest BCUT2D eigenvalue weighted by Crippen LogP contribution is 2.30. The highest BCUT2D eigenvalue weighted by molar-refractivity contribution is 5.76. The summed E-state index contributed by atoms with van der Waals surface area (Å²) in [4.78, 5) is 23.6. The van der Waals surface area contributed by atoms with E-state index in [1.54, 1.807) is 0 Å². The van der Waals surface area contributed by atoms with Gasteiger partial charge in [0.2, 0.25) is 0 Å². The molecule has 0 unspecified atom stereocenters. The number of hydrogen-bond acceptors (Lipinski definition) is 4. The van der Waals surface area contributed by atoms with Crippen molar-refractivity contribution in [1.82, 2.24) is 14.3 Å². The molecule has 0 bridgehead atoms. The Bertz CT molecular complexity index is 1190. The molecule has 0 radical (unpaired) electrons. The number of alkyl halides is 3. The topological polar surface area (TPSA) is 86.4 Å². The second-order valence-corrected chi connectivity index (χ2v) is 7.29. The Morgan fingerprint density at radius 3 is 2.16 bits per heavy atom. The summed E-state index contributed by atoms with van der Waals surface area (Å²) >= 11 is 0. The Morgan fingerprint density at radius 2 is 1.66 bits per heavy atom. The maximum atomic E-state index is 14.3. The third kappa shape index (κ3) is 4.63. The molecular formula is C20H16F5N3O4. The molecule has 170 valence electrons. The summed E-state index contributed by atoms with van der Waals surface area (Å²) in [5, 5.41) is 12.9. The Labute approximate surface area is 177 Å².